The third-order valence-electron chi connectivity index (χ3n) is 4.29. The fourth-order valence-corrected chi connectivity index (χ4v) is 4.49. The maximum atomic E-state index is 13.7. The number of halogens is 1. The number of carbonyl (C=O) groups excluding carboxylic acids is 1. The van der Waals surface area contributed by atoms with E-state index in [1.54, 1.807) is 13.1 Å². The Balaban J connectivity index is 1.84. The largest absolute Gasteiger partial charge is 0.345 e. The van der Waals surface area contributed by atoms with E-state index in [-0.39, 0.29) is 16.3 Å². The maximum Gasteiger partial charge on any atom is 0.272 e. The average Bonchev–Trinajstić information content (AvgIpc) is 3.00. The summed E-state index contributed by atoms with van der Waals surface area (Å²) in [5, 5.41) is 2.47. The molecule has 1 fully saturated rings. The van der Waals surface area contributed by atoms with E-state index in [2.05, 4.69) is 5.32 Å². The van der Waals surface area contributed by atoms with Crippen LogP contribution in [0.1, 0.15) is 29.8 Å². The number of piperidine rings is 1. The Labute approximate surface area is 146 Å². The van der Waals surface area contributed by atoms with Crippen LogP contribution in [-0.4, -0.2) is 36.3 Å². The summed E-state index contributed by atoms with van der Waals surface area (Å²) in [4.78, 5) is 12.5. The summed E-state index contributed by atoms with van der Waals surface area (Å²) in [6, 6.07) is 7.15. The quantitative estimate of drug-likeness (QED) is 0.905. The van der Waals surface area contributed by atoms with Crippen molar-refractivity contribution in [2.75, 3.05) is 18.4 Å². The lowest BCUT2D eigenvalue weighted by Crippen LogP contribution is -2.35. The summed E-state index contributed by atoms with van der Waals surface area (Å²) in [6.07, 6.45) is 4.12. The summed E-state index contributed by atoms with van der Waals surface area (Å²) >= 11 is 0. The molecule has 0 unspecified atom stereocenters. The summed E-state index contributed by atoms with van der Waals surface area (Å²) in [7, 11) is -2.03. The Morgan fingerprint density at radius 2 is 1.84 bits per heavy atom. The molecule has 0 radical (unpaired) electrons. The van der Waals surface area contributed by atoms with Gasteiger partial charge in [0.15, 0.2) is 0 Å². The standard InChI is InChI=1S/C17H20FN3O3S/c1-20-12-13(25(23,24)21-9-5-2-6-10-21)11-16(20)17(22)19-15-8-4-3-7-14(15)18/h3-4,7-8,11-12H,2,5-6,9-10H2,1H3,(H,19,22). The second-order valence-corrected chi connectivity index (χ2v) is 8.01. The Morgan fingerprint density at radius 3 is 2.52 bits per heavy atom. The minimum absolute atomic E-state index is 0.0501. The number of nitrogens with one attached hydrogen (secondary N) is 1. The number of hydrogen-bond donors (Lipinski definition) is 1. The molecule has 25 heavy (non-hydrogen) atoms. The van der Waals surface area contributed by atoms with Crippen molar-refractivity contribution in [3.8, 4) is 0 Å². The molecule has 1 amide bonds. The Kier molecular flexibility index (Phi) is 4.91. The molecule has 1 aliphatic heterocycles. The smallest absolute Gasteiger partial charge is 0.272 e. The molecule has 1 saturated heterocycles. The van der Waals surface area contributed by atoms with Gasteiger partial charge in [0, 0.05) is 26.3 Å². The number of benzene rings is 1. The fraction of sp³-hybridized carbons (Fsp3) is 0.353. The van der Waals surface area contributed by atoms with Crippen LogP contribution in [0, 0.1) is 5.82 Å². The van der Waals surface area contributed by atoms with Crippen molar-refractivity contribution in [1.29, 1.82) is 0 Å². The number of anilines is 1. The van der Waals surface area contributed by atoms with Crippen LogP contribution >= 0.6 is 0 Å². The highest BCUT2D eigenvalue weighted by Gasteiger charge is 2.28. The Hall–Kier alpha value is -2.19. The van der Waals surface area contributed by atoms with Crippen LogP contribution in [0.5, 0.6) is 0 Å². The maximum absolute atomic E-state index is 13.7. The van der Waals surface area contributed by atoms with Gasteiger partial charge >= 0.3 is 0 Å². The molecular weight excluding hydrogens is 345 g/mol. The predicted molar refractivity (Wildman–Crippen MR) is 92.4 cm³/mol. The lowest BCUT2D eigenvalue weighted by Gasteiger charge is -2.25. The van der Waals surface area contributed by atoms with Gasteiger partial charge in [0.2, 0.25) is 10.0 Å². The monoisotopic (exact) mass is 365 g/mol. The number of sulfonamides is 1. The lowest BCUT2D eigenvalue weighted by molar-refractivity contribution is 0.101. The van der Waals surface area contributed by atoms with Crippen LogP contribution in [-0.2, 0) is 17.1 Å². The van der Waals surface area contributed by atoms with Crippen LogP contribution in [0.25, 0.3) is 0 Å². The van der Waals surface area contributed by atoms with Crippen molar-refractivity contribution >= 4 is 21.6 Å². The number of nitrogens with zero attached hydrogens (tertiary/aromatic N) is 2. The van der Waals surface area contributed by atoms with E-state index in [1.807, 2.05) is 0 Å². The van der Waals surface area contributed by atoms with Gasteiger partial charge in [-0.2, -0.15) is 4.31 Å². The normalized spacial score (nSPS) is 15.9. The van der Waals surface area contributed by atoms with Gasteiger partial charge in [-0.15, -0.1) is 0 Å². The Bertz CT molecular complexity index is 886. The first-order valence-corrected chi connectivity index (χ1v) is 9.56. The van der Waals surface area contributed by atoms with Crippen LogP contribution < -0.4 is 5.32 Å². The number of para-hydroxylation sites is 1. The van der Waals surface area contributed by atoms with Gasteiger partial charge in [-0.25, -0.2) is 12.8 Å². The molecule has 1 aliphatic rings. The molecule has 2 heterocycles. The zero-order chi connectivity index (χ0) is 18.0. The van der Waals surface area contributed by atoms with E-state index in [4.69, 9.17) is 0 Å². The molecule has 3 rings (SSSR count). The van der Waals surface area contributed by atoms with E-state index < -0.39 is 21.7 Å². The summed E-state index contributed by atoms with van der Waals surface area (Å²) in [6.45, 7) is 0.988. The molecule has 0 aliphatic carbocycles. The number of rotatable bonds is 4. The average molecular weight is 365 g/mol. The van der Waals surface area contributed by atoms with Crippen molar-refractivity contribution in [3.05, 3.63) is 48.0 Å². The van der Waals surface area contributed by atoms with Crippen molar-refractivity contribution < 1.29 is 17.6 Å². The second-order valence-electron chi connectivity index (χ2n) is 6.07. The van der Waals surface area contributed by atoms with Crippen molar-refractivity contribution in [1.82, 2.24) is 8.87 Å². The minimum Gasteiger partial charge on any atom is -0.345 e. The summed E-state index contributed by atoms with van der Waals surface area (Å²) in [5.41, 5.74) is 0.202. The van der Waals surface area contributed by atoms with Gasteiger partial charge in [-0.05, 0) is 31.0 Å². The van der Waals surface area contributed by atoms with Gasteiger partial charge < -0.3 is 9.88 Å². The third-order valence-corrected chi connectivity index (χ3v) is 6.15. The van der Waals surface area contributed by atoms with E-state index in [0.29, 0.717) is 13.1 Å². The first-order valence-electron chi connectivity index (χ1n) is 8.12. The topological polar surface area (TPSA) is 71.4 Å². The van der Waals surface area contributed by atoms with E-state index in [9.17, 15) is 17.6 Å². The third kappa shape index (κ3) is 3.59. The molecule has 1 aromatic heterocycles. The molecular formula is C17H20FN3O3S. The van der Waals surface area contributed by atoms with E-state index >= 15 is 0 Å². The number of carbonyl (C=O) groups is 1. The zero-order valence-corrected chi connectivity index (χ0v) is 14.7. The first-order chi connectivity index (χ1) is 11.9. The molecule has 8 heteroatoms. The number of aryl methyl sites for hydroxylation is 1. The minimum atomic E-state index is -3.62. The molecule has 0 bridgehead atoms. The Morgan fingerprint density at radius 1 is 1.16 bits per heavy atom. The highest BCUT2D eigenvalue weighted by Crippen LogP contribution is 2.23. The number of aromatic nitrogens is 1. The highest BCUT2D eigenvalue weighted by atomic mass is 32.2. The molecule has 1 aromatic carbocycles. The SMILES string of the molecule is Cn1cc(S(=O)(=O)N2CCCCC2)cc1C(=O)Nc1ccccc1F. The molecule has 134 valence electrons. The first kappa shape index (κ1) is 17.6. The predicted octanol–water partition coefficient (Wildman–Crippen LogP) is 2.59. The molecule has 0 spiro atoms. The van der Waals surface area contributed by atoms with Crippen molar-refractivity contribution in [2.45, 2.75) is 24.2 Å². The highest BCUT2D eigenvalue weighted by molar-refractivity contribution is 7.89. The lowest BCUT2D eigenvalue weighted by atomic mass is 10.2. The second kappa shape index (κ2) is 6.97. The van der Waals surface area contributed by atoms with Crippen LogP contribution in [0.3, 0.4) is 0 Å². The van der Waals surface area contributed by atoms with Gasteiger partial charge in [-0.3, -0.25) is 4.79 Å². The zero-order valence-electron chi connectivity index (χ0n) is 13.9. The number of hydrogen-bond acceptors (Lipinski definition) is 3. The van der Waals surface area contributed by atoms with Crippen LogP contribution in [0.15, 0.2) is 41.4 Å². The molecule has 0 atom stereocenters. The van der Waals surface area contributed by atoms with Gasteiger partial charge in [0.1, 0.15) is 16.4 Å². The summed E-state index contributed by atoms with van der Waals surface area (Å²) < 4.78 is 42.0. The molecule has 1 N–H and O–H groups in total. The van der Waals surface area contributed by atoms with Crippen LogP contribution in [0.4, 0.5) is 10.1 Å². The van der Waals surface area contributed by atoms with E-state index in [1.165, 1.54) is 39.3 Å². The molecule has 0 saturated carbocycles. The van der Waals surface area contributed by atoms with Crippen LogP contribution in [0.2, 0.25) is 0 Å². The number of amides is 1. The van der Waals surface area contributed by atoms with Gasteiger partial charge in [0.05, 0.1) is 5.69 Å². The van der Waals surface area contributed by atoms with E-state index in [0.717, 1.165) is 19.3 Å². The van der Waals surface area contributed by atoms with Gasteiger partial charge in [0.25, 0.3) is 5.91 Å². The summed E-state index contributed by atoms with van der Waals surface area (Å²) in [5.74, 6) is -1.11. The van der Waals surface area contributed by atoms with Crippen molar-refractivity contribution in [3.63, 3.8) is 0 Å². The molecule has 2 aromatic rings. The fourth-order valence-electron chi connectivity index (χ4n) is 2.90. The molecule has 6 nitrogen and oxygen atoms in total. The van der Waals surface area contributed by atoms with Gasteiger partial charge in [-0.1, -0.05) is 18.6 Å². The van der Waals surface area contributed by atoms with Crippen molar-refractivity contribution in [2.24, 2.45) is 7.05 Å².